The number of rotatable bonds is 34. The van der Waals surface area contributed by atoms with Gasteiger partial charge in [0.2, 0.25) is 0 Å². The van der Waals surface area contributed by atoms with E-state index in [9.17, 15) is 29.7 Å². The molecule has 0 aliphatic carbocycles. The second kappa shape index (κ2) is 28.6. The molecule has 3 unspecified atom stereocenters. The van der Waals surface area contributed by atoms with Crippen molar-refractivity contribution in [1.29, 1.82) is 0 Å². The van der Waals surface area contributed by atoms with Gasteiger partial charge in [0.1, 0.15) is 6.04 Å². The van der Waals surface area contributed by atoms with E-state index in [2.05, 4.69) is 6.92 Å². The summed E-state index contributed by atoms with van der Waals surface area (Å²) in [4.78, 5) is 37.7. The summed E-state index contributed by atoms with van der Waals surface area (Å²) < 4.78 is -0.429. The molecule has 0 aromatic heterocycles. The molecule has 0 aliphatic heterocycles. The number of quaternary nitrogens is 1. The van der Waals surface area contributed by atoms with Crippen LogP contribution in [0.1, 0.15) is 201 Å². The molecule has 0 aromatic rings. The van der Waals surface area contributed by atoms with E-state index < -0.39 is 40.5 Å². The third-order valence-electron chi connectivity index (χ3n) is 9.92. The van der Waals surface area contributed by atoms with Crippen LogP contribution in [0.5, 0.6) is 0 Å². The van der Waals surface area contributed by atoms with E-state index in [-0.39, 0.29) is 25.8 Å². The molecule has 7 heteroatoms. The molecule has 0 fully saturated rings. The lowest BCUT2D eigenvalue weighted by Gasteiger charge is -2.52. The lowest BCUT2D eigenvalue weighted by atomic mass is 9.91. The van der Waals surface area contributed by atoms with Crippen molar-refractivity contribution in [3.8, 4) is 0 Å². The second-order valence-corrected chi connectivity index (χ2v) is 13.7. The average Bonchev–Trinajstić information content (AvgIpc) is 3.00. The quantitative estimate of drug-likeness (QED) is 0.0535. The highest BCUT2D eigenvalue weighted by atomic mass is 16.4. The lowest BCUT2D eigenvalue weighted by molar-refractivity contribution is -0.975. The van der Waals surface area contributed by atoms with Crippen LogP contribution in [0.25, 0.3) is 0 Å². The zero-order valence-electron chi connectivity index (χ0n) is 30.0. The van der Waals surface area contributed by atoms with Crippen LogP contribution in [-0.4, -0.2) is 57.3 Å². The maximum absolute atomic E-state index is 12.6. The lowest BCUT2D eigenvalue weighted by Crippen LogP contribution is -2.74. The Labute approximate surface area is 277 Å². The molecule has 7 nitrogen and oxygen atoms in total. The van der Waals surface area contributed by atoms with Crippen LogP contribution in [0.3, 0.4) is 0 Å². The number of hydrogen-bond acceptors (Lipinski definition) is 4. The number of carboxylic acid groups (broad SMARTS) is 3. The molecule has 0 amide bonds. The molecule has 3 atom stereocenters. The van der Waals surface area contributed by atoms with Gasteiger partial charge < -0.3 is 20.1 Å². The van der Waals surface area contributed by atoms with Gasteiger partial charge in [0.25, 0.3) is 0 Å². The number of carbonyl (C=O) groups is 3. The number of nitrogens with zero attached hydrogens (tertiary/aromatic N) is 1. The molecule has 0 spiro atoms. The Bertz CT molecular complexity index is 682. The van der Waals surface area contributed by atoms with Crippen molar-refractivity contribution >= 4 is 17.9 Å². The van der Waals surface area contributed by atoms with Gasteiger partial charge in [0.05, 0.1) is 12.5 Å². The summed E-state index contributed by atoms with van der Waals surface area (Å²) in [5, 5.41) is 33.1. The molecule has 0 radical (unpaired) electrons. The first-order chi connectivity index (χ1) is 21.7. The minimum atomic E-state index is -1.33. The highest BCUT2D eigenvalue weighted by molar-refractivity contribution is 5.77. The van der Waals surface area contributed by atoms with Crippen molar-refractivity contribution in [3.63, 3.8) is 0 Å². The summed E-state index contributed by atoms with van der Waals surface area (Å²) >= 11 is 0. The van der Waals surface area contributed by atoms with E-state index in [1.807, 2.05) is 20.8 Å². The summed E-state index contributed by atoms with van der Waals surface area (Å²) in [5.74, 6) is -3.54. The fraction of sp³-hybridized carbons (Fsp3) is 0.921. The van der Waals surface area contributed by atoms with Crippen LogP contribution in [0.4, 0.5) is 0 Å². The summed E-state index contributed by atoms with van der Waals surface area (Å²) in [6, 6.07) is -3.31. The van der Waals surface area contributed by atoms with Crippen LogP contribution < -0.4 is 5.11 Å². The van der Waals surface area contributed by atoms with Gasteiger partial charge in [0.15, 0.2) is 12.1 Å². The monoisotopic (exact) mass is 640 g/mol. The van der Waals surface area contributed by atoms with Crippen molar-refractivity contribution in [2.24, 2.45) is 0 Å². The van der Waals surface area contributed by atoms with Crippen molar-refractivity contribution in [2.75, 3.05) is 6.54 Å². The number of carboxylic acids is 3. The fourth-order valence-corrected chi connectivity index (χ4v) is 7.45. The molecular formula is C38H73NO6. The predicted octanol–water partition coefficient (Wildman–Crippen LogP) is 9.44. The third kappa shape index (κ3) is 18.3. The largest absolute Gasteiger partial charge is 0.544 e. The van der Waals surface area contributed by atoms with E-state index in [4.69, 9.17) is 0 Å². The Morgan fingerprint density at radius 1 is 0.444 bits per heavy atom. The first-order valence-corrected chi connectivity index (χ1v) is 19.3. The zero-order valence-corrected chi connectivity index (χ0v) is 30.0. The summed E-state index contributed by atoms with van der Waals surface area (Å²) in [6.45, 7) is 8.11. The minimum Gasteiger partial charge on any atom is -0.544 e. The number of carbonyl (C=O) groups excluding carboxylic acids is 1. The van der Waals surface area contributed by atoms with Crippen LogP contribution in [0, 0.1) is 0 Å². The van der Waals surface area contributed by atoms with E-state index >= 15 is 0 Å². The molecule has 0 saturated carbocycles. The van der Waals surface area contributed by atoms with E-state index in [1.54, 1.807) is 0 Å². The van der Waals surface area contributed by atoms with Crippen molar-refractivity contribution in [1.82, 2.24) is 0 Å². The minimum absolute atomic E-state index is 0.211. The molecule has 0 saturated heterocycles. The smallest absolute Gasteiger partial charge is 0.362 e. The first-order valence-electron chi connectivity index (χ1n) is 19.3. The summed E-state index contributed by atoms with van der Waals surface area (Å²) in [7, 11) is 0. The highest BCUT2D eigenvalue weighted by Crippen LogP contribution is 2.34. The van der Waals surface area contributed by atoms with Gasteiger partial charge >= 0.3 is 11.9 Å². The van der Waals surface area contributed by atoms with Crippen molar-refractivity contribution in [2.45, 2.75) is 219 Å². The van der Waals surface area contributed by atoms with E-state index in [1.165, 1.54) is 109 Å². The molecular weight excluding hydrogens is 566 g/mol. The summed E-state index contributed by atoms with van der Waals surface area (Å²) in [5.41, 5.74) is 0. The Morgan fingerprint density at radius 2 is 0.711 bits per heavy atom. The van der Waals surface area contributed by atoms with Gasteiger partial charge in [0, 0.05) is 19.3 Å². The van der Waals surface area contributed by atoms with Crippen molar-refractivity contribution in [3.05, 3.63) is 0 Å². The number of hydrogen-bond donors (Lipinski definition) is 2. The zero-order chi connectivity index (χ0) is 33.8. The Hall–Kier alpha value is -1.63. The number of aliphatic carboxylic acids is 3. The molecule has 45 heavy (non-hydrogen) atoms. The molecule has 0 aromatic carbocycles. The van der Waals surface area contributed by atoms with Crippen LogP contribution in [0.2, 0.25) is 0 Å². The highest BCUT2D eigenvalue weighted by Gasteiger charge is 2.54. The van der Waals surface area contributed by atoms with Crippen molar-refractivity contribution < 1.29 is 34.2 Å². The van der Waals surface area contributed by atoms with Gasteiger partial charge in [-0.25, -0.2) is 9.59 Å². The fourth-order valence-electron chi connectivity index (χ4n) is 7.45. The van der Waals surface area contributed by atoms with Gasteiger partial charge in [-0.2, -0.15) is 0 Å². The Morgan fingerprint density at radius 3 is 0.956 bits per heavy atom. The summed E-state index contributed by atoms with van der Waals surface area (Å²) in [6.07, 6.45) is 28.9. The first kappa shape index (κ1) is 43.4. The maximum Gasteiger partial charge on any atom is 0.362 e. The molecule has 0 bridgehead atoms. The molecule has 0 heterocycles. The van der Waals surface area contributed by atoms with Gasteiger partial charge in [-0.1, -0.05) is 156 Å². The van der Waals surface area contributed by atoms with Gasteiger partial charge in [-0.15, -0.1) is 0 Å². The molecule has 0 rings (SSSR count). The molecule has 2 N–H and O–H groups in total. The normalized spacial score (nSPS) is 14.9. The Balaban J connectivity index is 4.60. The van der Waals surface area contributed by atoms with E-state index in [0.717, 1.165) is 19.3 Å². The second-order valence-electron chi connectivity index (χ2n) is 13.7. The van der Waals surface area contributed by atoms with Crippen LogP contribution in [0.15, 0.2) is 0 Å². The topological polar surface area (TPSA) is 115 Å². The molecule has 266 valence electrons. The van der Waals surface area contributed by atoms with Crippen LogP contribution >= 0.6 is 0 Å². The van der Waals surface area contributed by atoms with Gasteiger partial charge in [-0.3, -0.25) is 4.48 Å². The number of unbranched alkanes of at least 4 members (excludes halogenated alkanes) is 20. The molecule has 0 aliphatic rings. The predicted molar refractivity (Wildman–Crippen MR) is 184 cm³/mol. The SMILES string of the molecule is CCCCCCCCCCCCCCCCCCCCCCC[N+](C(CCC)C(=O)[O-])(C(CCC)C(=O)O)C(CCC)C(=O)O. The van der Waals surface area contributed by atoms with Gasteiger partial charge in [-0.05, 0) is 25.7 Å². The third-order valence-corrected chi connectivity index (χ3v) is 9.92. The Kier molecular flexibility index (Phi) is 27.5. The van der Waals surface area contributed by atoms with E-state index in [0.29, 0.717) is 25.7 Å². The maximum atomic E-state index is 12.6. The average molecular weight is 640 g/mol. The standard InChI is InChI=1S/C38H73NO6/c1-5-9-10-11-12-13-14-15-16-17-18-19-20-21-22-23-24-25-26-27-28-32-39(33(29-6-2)36(40)41,34(30-7-3)37(42)43)35(31-8-4)38(44)45/h33-35H,5-32H2,1-4H3,(H2-,40,41,42,43,44,45). The van der Waals surface area contributed by atoms with Crippen LogP contribution in [-0.2, 0) is 14.4 Å².